The maximum Gasteiger partial charge on any atom is 0.339 e. The lowest BCUT2D eigenvalue weighted by Crippen LogP contribution is -2.48. The number of rotatable bonds is 9. The van der Waals surface area contributed by atoms with Gasteiger partial charge in [-0.2, -0.15) is 0 Å². The van der Waals surface area contributed by atoms with Crippen LogP contribution < -0.4 is 10.2 Å². The normalized spacial score (nSPS) is 14.5. The average molecular weight is 596 g/mol. The molecule has 10 heteroatoms. The fourth-order valence-corrected chi connectivity index (χ4v) is 6.46. The van der Waals surface area contributed by atoms with Gasteiger partial charge in [-0.3, -0.25) is 4.79 Å². The minimum absolute atomic E-state index is 0.0523. The summed E-state index contributed by atoms with van der Waals surface area (Å²) < 4.78 is 14.3. The van der Waals surface area contributed by atoms with E-state index in [1.54, 1.807) is 12.1 Å². The van der Waals surface area contributed by atoms with Crippen LogP contribution in [-0.4, -0.2) is 45.0 Å². The van der Waals surface area contributed by atoms with Crippen LogP contribution in [0.15, 0.2) is 85.1 Å². The third-order valence-corrected chi connectivity index (χ3v) is 8.99. The predicted molar refractivity (Wildman–Crippen MR) is 165 cm³/mol. The monoisotopic (exact) mass is 595 g/mol. The Balaban J connectivity index is 1.21. The first-order valence-electron chi connectivity index (χ1n) is 14.2. The van der Waals surface area contributed by atoms with Crippen LogP contribution in [0.3, 0.4) is 0 Å². The Morgan fingerprint density at radius 1 is 0.907 bits per heavy atom. The van der Waals surface area contributed by atoms with E-state index in [4.69, 9.17) is 0 Å². The van der Waals surface area contributed by atoms with Crippen molar-refractivity contribution in [3.05, 3.63) is 113 Å². The number of para-hydroxylation sites is 1. The van der Waals surface area contributed by atoms with Gasteiger partial charge in [-0.25, -0.2) is 24.1 Å². The smallest absolute Gasteiger partial charge is 0.339 e. The van der Waals surface area contributed by atoms with Crippen LogP contribution in [0.2, 0.25) is 0 Å². The van der Waals surface area contributed by atoms with Gasteiger partial charge < -0.3 is 15.3 Å². The van der Waals surface area contributed by atoms with Crippen molar-refractivity contribution < 1.29 is 19.1 Å². The minimum Gasteiger partial charge on any atom is -0.478 e. The van der Waals surface area contributed by atoms with E-state index in [0.717, 1.165) is 21.3 Å². The number of carboxylic acid groups (broad SMARTS) is 1. The number of carbonyl (C=O) groups excluding carboxylic acids is 1. The van der Waals surface area contributed by atoms with Crippen molar-refractivity contribution in [3.63, 3.8) is 0 Å². The van der Waals surface area contributed by atoms with Crippen LogP contribution in [0, 0.1) is 11.2 Å². The number of nitrogens with zero attached hydrogens (tertiary/aromatic N) is 4. The molecule has 0 radical (unpaired) electrons. The van der Waals surface area contributed by atoms with E-state index < -0.39 is 11.4 Å². The number of amides is 1. The van der Waals surface area contributed by atoms with Gasteiger partial charge in [0.1, 0.15) is 5.82 Å². The van der Waals surface area contributed by atoms with Crippen molar-refractivity contribution in [3.8, 4) is 0 Å². The fraction of sp³-hybridized carbons (Fsp3) is 0.242. The molecular weight excluding hydrogens is 565 g/mol. The number of aromatic carboxylic acids is 1. The molecule has 0 unspecified atom stereocenters. The minimum atomic E-state index is -1.09. The van der Waals surface area contributed by atoms with E-state index in [0.29, 0.717) is 62.0 Å². The van der Waals surface area contributed by atoms with Gasteiger partial charge >= 0.3 is 5.97 Å². The highest BCUT2D eigenvalue weighted by Gasteiger charge is 2.42. The zero-order valence-electron chi connectivity index (χ0n) is 23.4. The maximum atomic E-state index is 13.9. The van der Waals surface area contributed by atoms with Crippen LogP contribution in [0.25, 0.3) is 10.2 Å². The van der Waals surface area contributed by atoms with Crippen LogP contribution >= 0.6 is 11.3 Å². The largest absolute Gasteiger partial charge is 0.478 e. The van der Waals surface area contributed by atoms with Crippen LogP contribution in [-0.2, 0) is 24.1 Å². The first-order chi connectivity index (χ1) is 20.9. The van der Waals surface area contributed by atoms with Crippen LogP contribution in [0.1, 0.15) is 40.0 Å². The Bertz CT molecular complexity index is 1720. The van der Waals surface area contributed by atoms with E-state index in [9.17, 15) is 19.1 Å². The summed E-state index contributed by atoms with van der Waals surface area (Å²) in [7, 11) is 0. The molecule has 218 valence electrons. The zero-order chi connectivity index (χ0) is 29.8. The number of halogens is 1. The molecule has 2 N–H and O–H groups in total. The highest BCUT2D eigenvalue weighted by Crippen LogP contribution is 2.38. The van der Waals surface area contributed by atoms with Crippen LogP contribution in [0.4, 0.5) is 15.5 Å². The lowest BCUT2D eigenvalue weighted by Gasteiger charge is -2.40. The third kappa shape index (κ3) is 6.39. The van der Waals surface area contributed by atoms with E-state index in [1.165, 1.54) is 29.7 Å². The lowest BCUT2D eigenvalue weighted by atomic mass is 9.73. The molecule has 43 heavy (non-hydrogen) atoms. The summed E-state index contributed by atoms with van der Waals surface area (Å²) in [6.07, 6.45) is 3.96. The number of carboxylic acids is 1. The Morgan fingerprint density at radius 2 is 1.63 bits per heavy atom. The van der Waals surface area contributed by atoms with E-state index >= 15 is 0 Å². The molecule has 3 heterocycles. The van der Waals surface area contributed by atoms with Gasteiger partial charge in [-0.1, -0.05) is 65.9 Å². The van der Waals surface area contributed by atoms with Crippen molar-refractivity contribution >= 4 is 44.5 Å². The molecule has 0 spiro atoms. The second kappa shape index (κ2) is 12.3. The molecule has 2 aromatic heterocycles. The van der Waals surface area contributed by atoms with E-state index in [-0.39, 0.29) is 17.3 Å². The number of hydrogen-bond donors (Lipinski definition) is 2. The summed E-state index contributed by atoms with van der Waals surface area (Å²) in [5.41, 5.74) is 2.64. The van der Waals surface area contributed by atoms with Gasteiger partial charge in [-0.05, 0) is 67.5 Å². The Hall–Kier alpha value is -4.70. The molecule has 0 aliphatic carbocycles. The Kier molecular flexibility index (Phi) is 8.11. The summed E-state index contributed by atoms with van der Waals surface area (Å²) in [5.74, 6) is -1.02. The molecule has 8 nitrogen and oxygen atoms in total. The number of anilines is 2. The molecule has 0 saturated carbocycles. The standard InChI is InChI=1S/C33H30FN5O3S/c34-24-13-10-22(11-14-24)12-15-26-25(29(40)41)21-35-31(36-26)39-18-16-33(17-19-39,20-23-6-2-1-3-7-23)30(42)38-32-37-27-8-4-5-9-28(27)43-32/h1-11,13-14,21H,12,15-20H2,(H,40,41)(H,37,38,42). The van der Waals surface area contributed by atoms with Gasteiger partial charge in [0, 0.05) is 19.3 Å². The first-order valence-corrected chi connectivity index (χ1v) is 15.0. The number of carbonyl (C=O) groups is 2. The van der Waals surface area contributed by atoms with Crippen molar-refractivity contribution in [2.75, 3.05) is 23.3 Å². The molecule has 0 atom stereocenters. The first kappa shape index (κ1) is 28.4. The van der Waals surface area contributed by atoms with Gasteiger partial charge in [0.2, 0.25) is 11.9 Å². The number of fused-ring (bicyclic) bond motifs is 1. The highest BCUT2D eigenvalue weighted by molar-refractivity contribution is 7.22. The highest BCUT2D eigenvalue weighted by atomic mass is 32.1. The second-order valence-corrected chi connectivity index (χ2v) is 11.9. The topological polar surface area (TPSA) is 108 Å². The molecule has 1 saturated heterocycles. The zero-order valence-corrected chi connectivity index (χ0v) is 24.2. The van der Waals surface area contributed by atoms with Gasteiger partial charge in [0.15, 0.2) is 5.13 Å². The van der Waals surface area contributed by atoms with Gasteiger partial charge in [0.25, 0.3) is 0 Å². The summed E-state index contributed by atoms with van der Waals surface area (Å²) in [6, 6.07) is 24.0. The fourth-order valence-electron chi connectivity index (χ4n) is 5.60. The van der Waals surface area contributed by atoms with E-state index in [1.807, 2.05) is 59.5 Å². The molecule has 1 aliphatic heterocycles. The summed E-state index contributed by atoms with van der Waals surface area (Å²) in [6.45, 7) is 1.06. The quantitative estimate of drug-likeness (QED) is 0.210. The van der Waals surface area contributed by atoms with Crippen molar-refractivity contribution in [1.29, 1.82) is 0 Å². The molecule has 1 amide bonds. The van der Waals surface area contributed by atoms with Crippen LogP contribution in [0.5, 0.6) is 0 Å². The van der Waals surface area contributed by atoms with E-state index in [2.05, 4.69) is 20.3 Å². The summed E-state index contributed by atoms with van der Waals surface area (Å²) in [5, 5.41) is 13.4. The average Bonchev–Trinajstić information content (AvgIpc) is 3.44. The molecule has 3 aromatic carbocycles. The predicted octanol–water partition coefficient (Wildman–Crippen LogP) is 6.18. The molecule has 1 aliphatic rings. The molecule has 6 rings (SSSR count). The van der Waals surface area contributed by atoms with Crippen molar-refractivity contribution in [2.24, 2.45) is 5.41 Å². The second-order valence-electron chi connectivity index (χ2n) is 10.8. The number of aryl methyl sites for hydroxylation is 2. The SMILES string of the molecule is O=C(O)c1cnc(N2CCC(Cc3ccccc3)(C(=O)Nc3nc4ccccc4s3)CC2)nc1CCc1ccc(F)cc1. The van der Waals surface area contributed by atoms with Gasteiger partial charge in [-0.15, -0.1) is 0 Å². The molecule has 5 aromatic rings. The Morgan fingerprint density at radius 3 is 2.35 bits per heavy atom. The number of aromatic nitrogens is 3. The molecule has 1 fully saturated rings. The maximum absolute atomic E-state index is 13.9. The van der Waals surface area contributed by atoms with Crippen molar-refractivity contribution in [1.82, 2.24) is 15.0 Å². The van der Waals surface area contributed by atoms with Gasteiger partial charge in [0.05, 0.1) is 26.9 Å². The van der Waals surface area contributed by atoms with Crippen molar-refractivity contribution in [2.45, 2.75) is 32.1 Å². The number of thiazole rings is 1. The molecule has 0 bridgehead atoms. The number of nitrogens with one attached hydrogen (secondary N) is 1. The third-order valence-electron chi connectivity index (χ3n) is 8.03. The Labute approximate surface area is 252 Å². The lowest BCUT2D eigenvalue weighted by molar-refractivity contribution is -0.126. The summed E-state index contributed by atoms with van der Waals surface area (Å²) in [4.78, 5) is 41.6. The summed E-state index contributed by atoms with van der Waals surface area (Å²) >= 11 is 1.46. The number of benzene rings is 3. The number of hydrogen-bond acceptors (Lipinski definition) is 7. The number of piperidine rings is 1. The molecular formula is C33H30FN5O3S.